The highest BCUT2D eigenvalue weighted by Gasteiger charge is 2.16. The molecule has 0 spiro atoms. The number of benzene rings is 1. The summed E-state index contributed by atoms with van der Waals surface area (Å²) in [6, 6.07) is 7.65. The van der Waals surface area contributed by atoms with E-state index in [2.05, 4.69) is 0 Å². The maximum Gasteiger partial charge on any atom is 0.233 e. The van der Waals surface area contributed by atoms with E-state index in [0.29, 0.717) is 23.7 Å². The first kappa shape index (κ1) is 16.3. The standard InChI is InChI=1S/C14H20ClNO2S/c1-11(2)16(8-5-9-17)14(18)10-19-13-7-4-3-6-12(13)15/h3-4,6-7,11,17H,5,8-10H2,1-2H3. The topological polar surface area (TPSA) is 40.5 Å². The molecule has 0 aliphatic heterocycles. The Bertz CT molecular complexity index is 412. The van der Waals surface area contributed by atoms with Gasteiger partial charge in [0.15, 0.2) is 0 Å². The number of aliphatic hydroxyl groups is 1. The zero-order chi connectivity index (χ0) is 14.3. The second-order valence-corrected chi connectivity index (χ2v) is 5.90. The van der Waals surface area contributed by atoms with E-state index >= 15 is 0 Å². The van der Waals surface area contributed by atoms with Crippen molar-refractivity contribution < 1.29 is 9.90 Å². The Morgan fingerprint density at radius 3 is 2.68 bits per heavy atom. The number of aliphatic hydroxyl groups excluding tert-OH is 1. The summed E-state index contributed by atoms with van der Waals surface area (Å²) in [5.74, 6) is 0.446. The molecule has 0 atom stereocenters. The number of amides is 1. The molecule has 1 aromatic rings. The van der Waals surface area contributed by atoms with Crippen molar-refractivity contribution in [2.24, 2.45) is 0 Å². The zero-order valence-electron chi connectivity index (χ0n) is 11.3. The molecule has 0 unspecified atom stereocenters. The Kier molecular flexibility index (Phi) is 7.28. The number of carbonyl (C=O) groups is 1. The minimum absolute atomic E-state index is 0.0772. The molecule has 1 amide bonds. The van der Waals surface area contributed by atoms with Crippen LogP contribution in [0.4, 0.5) is 0 Å². The summed E-state index contributed by atoms with van der Waals surface area (Å²) in [5.41, 5.74) is 0. The number of hydrogen-bond acceptors (Lipinski definition) is 3. The first-order chi connectivity index (χ1) is 9.06. The molecule has 3 nitrogen and oxygen atoms in total. The molecule has 5 heteroatoms. The molecule has 1 N–H and O–H groups in total. The van der Waals surface area contributed by atoms with Crippen LogP contribution in [0.3, 0.4) is 0 Å². The van der Waals surface area contributed by atoms with Gasteiger partial charge in [-0.2, -0.15) is 0 Å². The van der Waals surface area contributed by atoms with E-state index < -0.39 is 0 Å². The van der Waals surface area contributed by atoms with Crippen molar-refractivity contribution >= 4 is 29.3 Å². The summed E-state index contributed by atoms with van der Waals surface area (Å²) in [7, 11) is 0. The van der Waals surface area contributed by atoms with Gasteiger partial charge in [0.2, 0.25) is 5.91 Å². The van der Waals surface area contributed by atoms with Gasteiger partial charge in [-0.3, -0.25) is 4.79 Å². The van der Waals surface area contributed by atoms with Crippen molar-refractivity contribution in [3.8, 4) is 0 Å². The van der Waals surface area contributed by atoms with Crippen LogP contribution >= 0.6 is 23.4 Å². The van der Waals surface area contributed by atoms with Crippen molar-refractivity contribution in [1.29, 1.82) is 0 Å². The van der Waals surface area contributed by atoms with Gasteiger partial charge in [0.25, 0.3) is 0 Å². The fourth-order valence-electron chi connectivity index (χ4n) is 1.70. The van der Waals surface area contributed by atoms with Gasteiger partial charge in [-0.1, -0.05) is 23.7 Å². The lowest BCUT2D eigenvalue weighted by Crippen LogP contribution is -2.39. The molecule has 1 aromatic carbocycles. The highest BCUT2D eigenvalue weighted by atomic mass is 35.5. The summed E-state index contributed by atoms with van der Waals surface area (Å²) in [6.45, 7) is 4.66. The first-order valence-electron chi connectivity index (χ1n) is 6.34. The Morgan fingerprint density at radius 2 is 2.11 bits per heavy atom. The van der Waals surface area contributed by atoms with E-state index in [4.69, 9.17) is 16.7 Å². The lowest BCUT2D eigenvalue weighted by atomic mass is 10.3. The highest BCUT2D eigenvalue weighted by Crippen LogP contribution is 2.26. The predicted octanol–water partition coefficient (Wildman–Crippen LogP) is 3.05. The van der Waals surface area contributed by atoms with Crippen molar-refractivity contribution in [3.05, 3.63) is 29.3 Å². The maximum absolute atomic E-state index is 12.2. The largest absolute Gasteiger partial charge is 0.396 e. The van der Waals surface area contributed by atoms with Gasteiger partial charge in [0.1, 0.15) is 0 Å². The molecule has 0 bridgehead atoms. The van der Waals surface area contributed by atoms with Crippen LogP contribution in [-0.2, 0) is 4.79 Å². The van der Waals surface area contributed by atoms with Crippen LogP contribution in [0.15, 0.2) is 29.2 Å². The number of halogens is 1. The molecule has 19 heavy (non-hydrogen) atoms. The average Bonchev–Trinajstić information content (AvgIpc) is 2.38. The van der Waals surface area contributed by atoms with E-state index in [1.165, 1.54) is 11.8 Å². The summed E-state index contributed by atoms with van der Waals surface area (Å²) in [6.07, 6.45) is 0.612. The third kappa shape index (κ3) is 5.43. The third-order valence-corrected chi connectivity index (χ3v) is 4.19. The number of thioether (sulfide) groups is 1. The van der Waals surface area contributed by atoms with Crippen LogP contribution in [0.25, 0.3) is 0 Å². The molecular weight excluding hydrogens is 282 g/mol. The van der Waals surface area contributed by atoms with Gasteiger partial charge in [-0.15, -0.1) is 11.8 Å². The van der Waals surface area contributed by atoms with E-state index in [1.807, 2.05) is 38.1 Å². The molecule has 0 heterocycles. The van der Waals surface area contributed by atoms with Crippen LogP contribution in [0.1, 0.15) is 20.3 Å². The summed E-state index contributed by atoms with van der Waals surface area (Å²) in [4.78, 5) is 14.9. The molecule has 0 saturated carbocycles. The molecule has 0 aliphatic carbocycles. The highest BCUT2D eigenvalue weighted by molar-refractivity contribution is 8.00. The number of hydrogen-bond donors (Lipinski definition) is 1. The minimum Gasteiger partial charge on any atom is -0.396 e. The normalized spacial score (nSPS) is 10.8. The van der Waals surface area contributed by atoms with Gasteiger partial charge in [-0.05, 0) is 32.4 Å². The summed E-state index contributed by atoms with van der Waals surface area (Å²) < 4.78 is 0. The van der Waals surface area contributed by atoms with Gasteiger partial charge in [0, 0.05) is 24.1 Å². The van der Waals surface area contributed by atoms with E-state index in [0.717, 1.165) is 4.90 Å². The maximum atomic E-state index is 12.2. The van der Waals surface area contributed by atoms with E-state index in [-0.39, 0.29) is 18.6 Å². The predicted molar refractivity (Wildman–Crippen MR) is 80.7 cm³/mol. The lowest BCUT2D eigenvalue weighted by molar-refractivity contribution is -0.130. The average molecular weight is 302 g/mol. The SMILES string of the molecule is CC(C)N(CCCO)C(=O)CSc1ccccc1Cl. The van der Waals surface area contributed by atoms with Gasteiger partial charge >= 0.3 is 0 Å². The molecule has 0 fully saturated rings. The molecule has 106 valence electrons. The smallest absolute Gasteiger partial charge is 0.233 e. The van der Waals surface area contributed by atoms with E-state index in [9.17, 15) is 4.79 Å². The number of carbonyl (C=O) groups excluding carboxylic acids is 1. The molecule has 0 aliphatic rings. The fraction of sp³-hybridized carbons (Fsp3) is 0.500. The van der Waals surface area contributed by atoms with Crippen LogP contribution in [0.5, 0.6) is 0 Å². The van der Waals surface area contributed by atoms with Gasteiger partial charge in [0.05, 0.1) is 10.8 Å². The monoisotopic (exact) mass is 301 g/mol. The van der Waals surface area contributed by atoms with Crippen molar-refractivity contribution in [2.75, 3.05) is 18.9 Å². The van der Waals surface area contributed by atoms with Crippen molar-refractivity contribution in [3.63, 3.8) is 0 Å². The van der Waals surface area contributed by atoms with Crippen LogP contribution < -0.4 is 0 Å². The Morgan fingerprint density at radius 1 is 1.42 bits per heavy atom. The van der Waals surface area contributed by atoms with E-state index in [1.54, 1.807) is 4.90 Å². The molecule has 1 rings (SSSR count). The quantitative estimate of drug-likeness (QED) is 0.787. The molecule has 0 radical (unpaired) electrons. The summed E-state index contributed by atoms with van der Waals surface area (Å²) >= 11 is 7.50. The molecular formula is C14H20ClNO2S. The minimum atomic E-state index is 0.0772. The number of nitrogens with zero attached hydrogens (tertiary/aromatic N) is 1. The first-order valence-corrected chi connectivity index (χ1v) is 7.70. The Labute approximate surface area is 123 Å². The summed E-state index contributed by atoms with van der Waals surface area (Å²) in [5, 5.41) is 9.54. The van der Waals surface area contributed by atoms with Crippen LogP contribution in [-0.4, -0.2) is 40.9 Å². The Balaban J connectivity index is 2.55. The van der Waals surface area contributed by atoms with Crippen molar-refractivity contribution in [1.82, 2.24) is 4.90 Å². The lowest BCUT2D eigenvalue weighted by Gasteiger charge is -2.26. The van der Waals surface area contributed by atoms with Gasteiger partial charge < -0.3 is 10.0 Å². The van der Waals surface area contributed by atoms with Crippen LogP contribution in [0.2, 0.25) is 5.02 Å². The van der Waals surface area contributed by atoms with Gasteiger partial charge in [-0.25, -0.2) is 0 Å². The molecule has 0 aromatic heterocycles. The van der Waals surface area contributed by atoms with Crippen LogP contribution in [0, 0.1) is 0 Å². The second-order valence-electron chi connectivity index (χ2n) is 4.48. The third-order valence-electron chi connectivity index (χ3n) is 2.69. The zero-order valence-corrected chi connectivity index (χ0v) is 12.9. The number of rotatable bonds is 7. The molecule has 0 saturated heterocycles. The second kappa shape index (κ2) is 8.46. The van der Waals surface area contributed by atoms with Crippen molar-refractivity contribution in [2.45, 2.75) is 31.2 Å². The fourth-order valence-corrected chi connectivity index (χ4v) is 2.82. The Hall–Kier alpha value is -0.710.